The van der Waals surface area contributed by atoms with Crippen molar-refractivity contribution in [2.75, 3.05) is 7.11 Å². The van der Waals surface area contributed by atoms with Crippen LogP contribution in [0.15, 0.2) is 60.7 Å². The molecular formula is C24H32O3Si. The fourth-order valence-electron chi connectivity index (χ4n) is 4.52. The number of ether oxygens (including phenoxy) is 1. The van der Waals surface area contributed by atoms with Gasteiger partial charge < -0.3 is 9.16 Å². The molecule has 4 heteroatoms. The van der Waals surface area contributed by atoms with Crippen LogP contribution in [0.1, 0.15) is 46.5 Å². The van der Waals surface area contributed by atoms with E-state index in [-0.39, 0.29) is 23.0 Å². The van der Waals surface area contributed by atoms with Crippen molar-refractivity contribution in [3.8, 4) is 0 Å². The fourth-order valence-corrected chi connectivity index (χ4v) is 9.27. The molecule has 3 nitrogen and oxygen atoms in total. The van der Waals surface area contributed by atoms with Gasteiger partial charge in [0.15, 0.2) is 0 Å². The van der Waals surface area contributed by atoms with Crippen LogP contribution in [-0.2, 0) is 14.0 Å². The van der Waals surface area contributed by atoms with Crippen molar-refractivity contribution in [1.29, 1.82) is 0 Å². The lowest BCUT2D eigenvalue weighted by molar-refractivity contribution is -0.147. The number of esters is 1. The van der Waals surface area contributed by atoms with Gasteiger partial charge in [0.05, 0.1) is 13.0 Å². The maximum Gasteiger partial charge on any atom is 0.308 e. The lowest BCUT2D eigenvalue weighted by Gasteiger charge is -2.46. The highest BCUT2D eigenvalue weighted by molar-refractivity contribution is 6.99. The number of carbonyl (C=O) groups excluding carboxylic acids is 1. The second-order valence-corrected chi connectivity index (χ2v) is 13.0. The zero-order chi connectivity index (χ0) is 20.2. The summed E-state index contributed by atoms with van der Waals surface area (Å²) in [5.41, 5.74) is 0. The van der Waals surface area contributed by atoms with Gasteiger partial charge in [-0.25, -0.2) is 0 Å². The van der Waals surface area contributed by atoms with Gasteiger partial charge in [-0.05, 0) is 41.1 Å². The van der Waals surface area contributed by atoms with E-state index in [4.69, 9.17) is 9.16 Å². The zero-order valence-corrected chi connectivity index (χ0v) is 18.5. The standard InChI is InChI=1S/C24H32O3Si/c1-24(2,3)28(21-11-7-5-8-12-21,22-13-9-6-10-14-22)27-20-17-15-19(16-18-20)23(25)26-4/h5-14,19-20H,15-18H2,1-4H3/t19-,20+. The first-order valence-corrected chi connectivity index (χ1v) is 12.2. The summed E-state index contributed by atoms with van der Waals surface area (Å²) in [7, 11) is -1.03. The molecule has 150 valence electrons. The topological polar surface area (TPSA) is 35.5 Å². The number of rotatable bonds is 5. The van der Waals surface area contributed by atoms with Crippen LogP contribution in [0.2, 0.25) is 5.04 Å². The summed E-state index contributed by atoms with van der Waals surface area (Å²) in [5, 5.41) is 2.60. The maximum absolute atomic E-state index is 11.9. The smallest absolute Gasteiger partial charge is 0.308 e. The van der Waals surface area contributed by atoms with E-state index in [1.807, 2.05) is 0 Å². The van der Waals surface area contributed by atoms with Crippen LogP contribution in [0.3, 0.4) is 0 Å². The van der Waals surface area contributed by atoms with Crippen LogP contribution in [-0.4, -0.2) is 27.5 Å². The minimum absolute atomic E-state index is 0.0176. The summed E-state index contributed by atoms with van der Waals surface area (Å²) >= 11 is 0. The van der Waals surface area contributed by atoms with E-state index >= 15 is 0 Å². The maximum atomic E-state index is 11.9. The number of hydrogen-bond acceptors (Lipinski definition) is 3. The molecule has 0 atom stereocenters. The Morgan fingerprint density at radius 1 is 0.857 bits per heavy atom. The van der Waals surface area contributed by atoms with Crippen molar-refractivity contribution in [1.82, 2.24) is 0 Å². The molecule has 2 aromatic carbocycles. The summed E-state index contributed by atoms with van der Waals surface area (Å²) < 4.78 is 12.1. The minimum atomic E-state index is -2.51. The van der Waals surface area contributed by atoms with E-state index in [1.54, 1.807) is 0 Å². The van der Waals surface area contributed by atoms with Crippen molar-refractivity contribution in [3.05, 3.63) is 60.7 Å². The Morgan fingerprint density at radius 3 is 1.71 bits per heavy atom. The van der Waals surface area contributed by atoms with Gasteiger partial charge in [0.2, 0.25) is 0 Å². The quantitative estimate of drug-likeness (QED) is 0.558. The highest BCUT2D eigenvalue weighted by Gasteiger charge is 2.51. The normalized spacial score (nSPS) is 20.6. The van der Waals surface area contributed by atoms with Gasteiger partial charge in [0, 0.05) is 6.10 Å². The molecule has 1 aliphatic carbocycles. The number of hydrogen-bond donors (Lipinski definition) is 0. The predicted molar refractivity (Wildman–Crippen MR) is 116 cm³/mol. The van der Waals surface area contributed by atoms with Gasteiger partial charge in [-0.15, -0.1) is 0 Å². The Balaban J connectivity index is 1.97. The Bertz CT molecular complexity index is 720. The van der Waals surface area contributed by atoms with Crippen LogP contribution in [0.4, 0.5) is 0 Å². The molecule has 1 aliphatic rings. The molecule has 0 heterocycles. The third kappa shape index (κ3) is 4.08. The van der Waals surface area contributed by atoms with Gasteiger partial charge in [0.25, 0.3) is 8.32 Å². The monoisotopic (exact) mass is 396 g/mol. The van der Waals surface area contributed by atoms with Gasteiger partial charge >= 0.3 is 5.97 Å². The van der Waals surface area contributed by atoms with Gasteiger partial charge in [-0.3, -0.25) is 4.79 Å². The average molecular weight is 397 g/mol. The lowest BCUT2D eigenvalue weighted by atomic mass is 9.88. The van der Waals surface area contributed by atoms with Gasteiger partial charge in [-0.2, -0.15) is 0 Å². The summed E-state index contributed by atoms with van der Waals surface area (Å²) in [6.07, 6.45) is 3.67. The van der Waals surface area contributed by atoms with Crippen LogP contribution in [0, 0.1) is 5.92 Å². The predicted octanol–water partition coefficient (Wildman–Crippen LogP) is 4.29. The fraction of sp³-hybridized carbons (Fsp3) is 0.458. The molecule has 1 fully saturated rings. The van der Waals surface area contributed by atoms with Crippen molar-refractivity contribution in [2.45, 2.75) is 57.6 Å². The van der Waals surface area contributed by atoms with E-state index in [0.29, 0.717) is 0 Å². The molecule has 0 spiro atoms. The van der Waals surface area contributed by atoms with Crippen molar-refractivity contribution >= 4 is 24.7 Å². The Morgan fingerprint density at radius 2 is 1.32 bits per heavy atom. The number of carbonyl (C=O) groups is 1. The lowest BCUT2D eigenvalue weighted by Crippen LogP contribution is -2.67. The molecule has 0 radical (unpaired) electrons. The molecule has 0 amide bonds. The Hall–Kier alpha value is -1.91. The Kier molecular flexibility index (Phi) is 6.41. The van der Waals surface area contributed by atoms with E-state index in [2.05, 4.69) is 81.4 Å². The van der Waals surface area contributed by atoms with Gasteiger partial charge in [0.1, 0.15) is 0 Å². The minimum Gasteiger partial charge on any atom is -0.469 e. The summed E-state index contributed by atoms with van der Waals surface area (Å²) in [5.74, 6) is -0.0621. The van der Waals surface area contributed by atoms with Crippen LogP contribution >= 0.6 is 0 Å². The molecule has 0 saturated heterocycles. The van der Waals surface area contributed by atoms with Crippen LogP contribution in [0.25, 0.3) is 0 Å². The first kappa shape index (κ1) is 20.8. The number of benzene rings is 2. The van der Waals surface area contributed by atoms with E-state index in [9.17, 15) is 4.79 Å². The molecule has 2 aromatic rings. The molecule has 0 aromatic heterocycles. The highest BCUT2D eigenvalue weighted by atomic mass is 28.4. The molecule has 0 N–H and O–H groups in total. The molecule has 0 aliphatic heterocycles. The zero-order valence-electron chi connectivity index (χ0n) is 17.5. The van der Waals surface area contributed by atoms with Crippen molar-refractivity contribution in [3.63, 3.8) is 0 Å². The van der Waals surface area contributed by atoms with E-state index in [0.717, 1.165) is 25.7 Å². The van der Waals surface area contributed by atoms with E-state index in [1.165, 1.54) is 17.5 Å². The van der Waals surface area contributed by atoms with Crippen molar-refractivity contribution < 1.29 is 14.0 Å². The summed E-state index contributed by atoms with van der Waals surface area (Å²) in [6.45, 7) is 6.91. The first-order chi connectivity index (χ1) is 13.4. The molecule has 0 unspecified atom stereocenters. The summed E-state index contributed by atoms with van der Waals surface area (Å²) in [4.78, 5) is 11.9. The molecule has 1 saturated carbocycles. The SMILES string of the molecule is COC(=O)[C@H]1CC[C@@H](O[Si](c2ccccc2)(c2ccccc2)C(C)(C)C)CC1. The van der Waals surface area contributed by atoms with Crippen molar-refractivity contribution in [2.24, 2.45) is 5.92 Å². The molecule has 3 rings (SSSR count). The van der Waals surface area contributed by atoms with Gasteiger partial charge in [-0.1, -0.05) is 81.4 Å². The van der Waals surface area contributed by atoms with Crippen LogP contribution < -0.4 is 10.4 Å². The molecule has 28 heavy (non-hydrogen) atoms. The van der Waals surface area contributed by atoms with Crippen LogP contribution in [0.5, 0.6) is 0 Å². The Labute approximate surface area is 170 Å². The number of methoxy groups -OCH3 is 1. The van der Waals surface area contributed by atoms with E-state index < -0.39 is 8.32 Å². The second-order valence-electron chi connectivity index (χ2n) is 8.78. The third-order valence-electron chi connectivity index (χ3n) is 5.97. The second kappa shape index (κ2) is 8.62. The first-order valence-electron chi connectivity index (χ1n) is 10.2. The third-order valence-corrected chi connectivity index (χ3v) is 11.1. The highest BCUT2D eigenvalue weighted by Crippen LogP contribution is 2.39. The largest absolute Gasteiger partial charge is 0.469 e. The summed E-state index contributed by atoms with van der Waals surface area (Å²) in [6, 6.07) is 21.5. The molecule has 0 bridgehead atoms. The average Bonchev–Trinajstić information content (AvgIpc) is 2.72. The molecular weight excluding hydrogens is 364 g/mol.